The van der Waals surface area contributed by atoms with E-state index in [1.165, 1.54) is 12.1 Å². The molecule has 4 aromatic rings. The van der Waals surface area contributed by atoms with Crippen LogP contribution in [0, 0.1) is 5.82 Å². The first-order valence-corrected chi connectivity index (χ1v) is 9.71. The Kier molecular flexibility index (Phi) is 5.42. The number of methoxy groups -OCH3 is 1. The molecule has 1 amide bonds. The molecule has 4 rings (SSSR count). The van der Waals surface area contributed by atoms with Gasteiger partial charge in [-0.05, 0) is 43.8 Å². The van der Waals surface area contributed by atoms with Crippen molar-refractivity contribution in [1.29, 1.82) is 0 Å². The van der Waals surface area contributed by atoms with Gasteiger partial charge in [0.25, 0.3) is 0 Å². The van der Waals surface area contributed by atoms with Crippen LogP contribution in [0.4, 0.5) is 10.1 Å². The Morgan fingerprint density at radius 2 is 1.83 bits per heavy atom. The van der Waals surface area contributed by atoms with Crippen molar-refractivity contribution < 1.29 is 18.3 Å². The van der Waals surface area contributed by atoms with Crippen LogP contribution in [0.2, 0.25) is 0 Å². The fraction of sp³-hybridized carbons (Fsp3) is 0.208. The third kappa shape index (κ3) is 3.86. The molecule has 1 aromatic heterocycles. The average Bonchev–Trinajstić information content (AvgIpc) is 3.10. The van der Waals surface area contributed by atoms with Crippen molar-refractivity contribution in [2.24, 2.45) is 0 Å². The molecule has 0 radical (unpaired) electrons. The third-order valence-electron chi connectivity index (χ3n) is 5.38. The van der Waals surface area contributed by atoms with Crippen molar-refractivity contribution in [2.75, 3.05) is 26.0 Å². The van der Waals surface area contributed by atoms with Crippen LogP contribution in [0.3, 0.4) is 0 Å². The highest BCUT2D eigenvalue weighted by Gasteiger charge is 2.18. The molecule has 0 saturated carbocycles. The lowest BCUT2D eigenvalue weighted by Crippen LogP contribution is -2.32. The van der Waals surface area contributed by atoms with Crippen LogP contribution in [-0.2, 0) is 4.79 Å². The summed E-state index contributed by atoms with van der Waals surface area (Å²) in [6, 6.07) is 17.7. The highest BCUT2D eigenvalue weighted by molar-refractivity contribution is 6.07. The summed E-state index contributed by atoms with van der Waals surface area (Å²) in [7, 11) is 3.43. The number of rotatable bonds is 6. The summed E-state index contributed by atoms with van der Waals surface area (Å²) in [5, 5.41) is 4.85. The lowest BCUT2D eigenvalue weighted by atomic mass is 10.1. The van der Waals surface area contributed by atoms with Crippen LogP contribution in [-0.4, -0.2) is 31.5 Å². The van der Waals surface area contributed by atoms with Gasteiger partial charge >= 0.3 is 0 Å². The van der Waals surface area contributed by atoms with Crippen LogP contribution in [0.15, 0.2) is 65.1 Å². The van der Waals surface area contributed by atoms with E-state index in [0.29, 0.717) is 17.0 Å². The molecule has 5 nitrogen and oxygen atoms in total. The summed E-state index contributed by atoms with van der Waals surface area (Å²) >= 11 is 0. The van der Waals surface area contributed by atoms with Gasteiger partial charge in [0.2, 0.25) is 5.91 Å². The quantitative estimate of drug-likeness (QED) is 0.468. The predicted octanol–water partition coefficient (Wildman–Crippen LogP) is 5.37. The standard InChI is InChI=1S/C24H23FN2O3/c1-15(16-8-10-17(25)11-9-16)27(2)14-24(28)26-20-13-22-19(12-23(20)29-3)18-6-4-5-7-21(18)30-22/h4-13,15H,14H2,1-3H3,(H,26,28). The van der Waals surface area contributed by atoms with E-state index in [2.05, 4.69) is 5.32 Å². The molecule has 1 unspecified atom stereocenters. The van der Waals surface area contributed by atoms with Gasteiger partial charge in [-0.25, -0.2) is 4.39 Å². The van der Waals surface area contributed by atoms with E-state index < -0.39 is 0 Å². The van der Waals surface area contributed by atoms with Crippen molar-refractivity contribution in [2.45, 2.75) is 13.0 Å². The van der Waals surface area contributed by atoms with Crippen molar-refractivity contribution in [3.63, 3.8) is 0 Å². The van der Waals surface area contributed by atoms with Crippen LogP contribution in [0.5, 0.6) is 5.75 Å². The fourth-order valence-corrected chi connectivity index (χ4v) is 3.57. The number of hydrogen-bond donors (Lipinski definition) is 1. The molecule has 0 spiro atoms. The maximum absolute atomic E-state index is 13.2. The average molecular weight is 406 g/mol. The first kappa shape index (κ1) is 19.9. The SMILES string of the molecule is COc1cc2c(cc1NC(=O)CN(C)C(C)c1ccc(F)cc1)oc1ccccc12. The van der Waals surface area contributed by atoms with Crippen molar-refractivity contribution in [3.05, 3.63) is 72.0 Å². The van der Waals surface area contributed by atoms with E-state index in [9.17, 15) is 9.18 Å². The number of nitrogens with one attached hydrogen (secondary N) is 1. The molecule has 0 fully saturated rings. The molecule has 154 valence electrons. The first-order chi connectivity index (χ1) is 14.5. The van der Waals surface area contributed by atoms with Gasteiger partial charge in [-0.15, -0.1) is 0 Å². The van der Waals surface area contributed by atoms with E-state index in [1.807, 2.05) is 49.2 Å². The molecule has 6 heteroatoms. The topological polar surface area (TPSA) is 54.7 Å². The Morgan fingerprint density at radius 1 is 1.10 bits per heavy atom. The number of carbonyl (C=O) groups excluding carboxylic acids is 1. The lowest BCUT2D eigenvalue weighted by Gasteiger charge is -2.24. The number of benzene rings is 3. The number of ether oxygens (including phenoxy) is 1. The number of halogens is 1. The zero-order valence-corrected chi connectivity index (χ0v) is 17.1. The number of anilines is 1. The Morgan fingerprint density at radius 3 is 2.57 bits per heavy atom. The smallest absolute Gasteiger partial charge is 0.238 e. The monoisotopic (exact) mass is 406 g/mol. The lowest BCUT2D eigenvalue weighted by molar-refractivity contribution is -0.117. The van der Waals surface area contributed by atoms with Gasteiger partial charge in [0, 0.05) is 22.9 Å². The largest absolute Gasteiger partial charge is 0.495 e. The van der Waals surface area contributed by atoms with E-state index in [1.54, 1.807) is 25.3 Å². The Balaban J connectivity index is 1.53. The Bertz CT molecular complexity index is 1200. The second-order valence-corrected chi connectivity index (χ2v) is 7.34. The predicted molar refractivity (Wildman–Crippen MR) is 116 cm³/mol. The molecule has 0 aliphatic rings. The van der Waals surface area contributed by atoms with Gasteiger partial charge < -0.3 is 14.5 Å². The molecular weight excluding hydrogens is 383 g/mol. The van der Waals surface area contributed by atoms with Crippen LogP contribution >= 0.6 is 0 Å². The first-order valence-electron chi connectivity index (χ1n) is 9.71. The maximum atomic E-state index is 13.2. The van der Waals surface area contributed by atoms with Gasteiger partial charge in [0.1, 0.15) is 22.7 Å². The molecule has 0 bridgehead atoms. The third-order valence-corrected chi connectivity index (χ3v) is 5.38. The number of likely N-dealkylation sites (N-methyl/N-ethyl adjacent to an activating group) is 1. The van der Waals surface area contributed by atoms with E-state index >= 15 is 0 Å². The zero-order valence-electron chi connectivity index (χ0n) is 17.1. The molecule has 3 aromatic carbocycles. The minimum atomic E-state index is -0.278. The molecule has 1 atom stereocenters. The van der Waals surface area contributed by atoms with Gasteiger partial charge in [-0.2, -0.15) is 0 Å². The second kappa shape index (κ2) is 8.16. The minimum Gasteiger partial charge on any atom is -0.495 e. The summed E-state index contributed by atoms with van der Waals surface area (Å²) in [5.74, 6) is 0.108. The highest BCUT2D eigenvalue weighted by Crippen LogP contribution is 2.36. The van der Waals surface area contributed by atoms with Crippen molar-refractivity contribution >= 4 is 33.5 Å². The minimum absolute atomic E-state index is 0.0453. The van der Waals surface area contributed by atoms with Crippen LogP contribution < -0.4 is 10.1 Å². The fourth-order valence-electron chi connectivity index (χ4n) is 3.57. The summed E-state index contributed by atoms with van der Waals surface area (Å²) in [5.41, 5.74) is 2.95. The molecule has 1 heterocycles. The zero-order chi connectivity index (χ0) is 21.3. The number of para-hydroxylation sites is 1. The highest BCUT2D eigenvalue weighted by atomic mass is 19.1. The summed E-state index contributed by atoms with van der Waals surface area (Å²) in [6.07, 6.45) is 0. The van der Waals surface area contributed by atoms with Gasteiger partial charge in [0.05, 0.1) is 19.3 Å². The molecule has 1 N–H and O–H groups in total. The van der Waals surface area contributed by atoms with Gasteiger partial charge in [-0.1, -0.05) is 30.3 Å². The normalized spacial score (nSPS) is 12.4. The Hall–Kier alpha value is -3.38. The van der Waals surface area contributed by atoms with Crippen molar-refractivity contribution in [1.82, 2.24) is 4.90 Å². The molecule has 0 saturated heterocycles. The van der Waals surface area contributed by atoms with E-state index in [0.717, 1.165) is 21.9 Å². The van der Waals surface area contributed by atoms with Gasteiger partial charge in [-0.3, -0.25) is 9.69 Å². The second-order valence-electron chi connectivity index (χ2n) is 7.34. The number of hydrogen-bond acceptors (Lipinski definition) is 4. The number of carbonyl (C=O) groups is 1. The summed E-state index contributed by atoms with van der Waals surface area (Å²) < 4.78 is 24.6. The van der Waals surface area contributed by atoms with Crippen LogP contribution in [0.25, 0.3) is 21.9 Å². The van der Waals surface area contributed by atoms with Crippen molar-refractivity contribution in [3.8, 4) is 5.75 Å². The molecule has 30 heavy (non-hydrogen) atoms. The number of nitrogens with zero attached hydrogens (tertiary/aromatic N) is 1. The molecule has 0 aliphatic carbocycles. The Labute approximate surface area is 174 Å². The van der Waals surface area contributed by atoms with E-state index in [4.69, 9.17) is 9.15 Å². The molecule has 0 aliphatic heterocycles. The number of amides is 1. The van der Waals surface area contributed by atoms with Crippen LogP contribution in [0.1, 0.15) is 18.5 Å². The number of fused-ring (bicyclic) bond motifs is 3. The summed E-state index contributed by atoms with van der Waals surface area (Å²) in [4.78, 5) is 14.6. The number of furan rings is 1. The van der Waals surface area contributed by atoms with E-state index in [-0.39, 0.29) is 24.3 Å². The van der Waals surface area contributed by atoms with Gasteiger partial charge in [0.15, 0.2) is 0 Å². The molecular formula is C24H23FN2O3. The summed E-state index contributed by atoms with van der Waals surface area (Å²) in [6.45, 7) is 2.14. The maximum Gasteiger partial charge on any atom is 0.238 e.